The van der Waals surface area contributed by atoms with Crippen molar-refractivity contribution in [3.8, 4) is 0 Å². The molecule has 0 amide bonds. The maximum atomic E-state index is 5.21. The predicted octanol–water partition coefficient (Wildman–Crippen LogP) is 4.86. The molecule has 0 bridgehead atoms. The Hall–Kier alpha value is -0.680. The third-order valence-corrected chi connectivity index (χ3v) is 3.98. The van der Waals surface area contributed by atoms with Gasteiger partial charge in [0, 0.05) is 8.95 Å². The van der Waals surface area contributed by atoms with E-state index in [9.17, 15) is 0 Å². The predicted molar refractivity (Wildman–Crippen MR) is 77.9 cm³/mol. The first-order valence-electron chi connectivity index (χ1n) is 5.48. The number of benzene rings is 2. The van der Waals surface area contributed by atoms with Crippen molar-refractivity contribution in [3.05, 3.63) is 68.6 Å². The van der Waals surface area contributed by atoms with Crippen molar-refractivity contribution in [1.29, 1.82) is 0 Å². The minimum Gasteiger partial charge on any atom is -0.232 e. The summed E-state index contributed by atoms with van der Waals surface area (Å²) in [6.45, 7) is 0.845. The summed E-state index contributed by atoms with van der Waals surface area (Å²) < 4.78 is 2.05. The van der Waals surface area contributed by atoms with Gasteiger partial charge in [-0.3, -0.25) is 0 Å². The van der Waals surface area contributed by atoms with Gasteiger partial charge in [0.15, 0.2) is 0 Å². The summed E-state index contributed by atoms with van der Waals surface area (Å²) in [5.74, 6) is 0. The first kappa shape index (κ1) is 13.7. The standard InChI is InChI=1S/C14H12Br2O2/c15-13-7-3-1-5-11(13)9-17-18-10-12-6-2-4-8-14(12)16/h1-8H,9-10H2. The van der Waals surface area contributed by atoms with Gasteiger partial charge in [0.2, 0.25) is 0 Å². The van der Waals surface area contributed by atoms with Crippen LogP contribution in [0, 0.1) is 0 Å². The van der Waals surface area contributed by atoms with E-state index in [0.29, 0.717) is 13.2 Å². The fourth-order valence-corrected chi connectivity index (χ4v) is 2.24. The summed E-state index contributed by atoms with van der Waals surface area (Å²) in [6.07, 6.45) is 0. The maximum Gasteiger partial charge on any atom is 0.108 e. The van der Waals surface area contributed by atoms with Gasteiger partial charge in [-0.25, -0.2) is 9.78 Å². The molecule has 0 aliphatic carbocycles. The van der Waals surface area contributed by atoms with Crippen LogP contribution in [0.5, 0.6) is 0 Å². The first-order chi connectivity index (χ1) is 8.77. The van der Waals surface area contributed by atoms with E-state index in [1.165, 1.54) is 0 Å². The molecule has 2 nitrogen and oxygen atoms in total. The number of hydrogen-bond donors (Lipinski definition) is 0. The monoisotopic (exact) mass is 370 g/mol. The molecular weight excluding hydrogens is 360 g/mol. The molecule has 0 N–H and O–H groups in total. The Morgan fingerprint density at radius 2 is 1.06 bits per heavy atom. The molecule has 0 aliphatic rings. The Kier molecular flexibility index (Phi) is 5.38. The second-order valence-electron chi connectivity index (χ2n) is 3.71. The van der Waals surface area contributed by atoms with E-state index in [2.05, 4.69) is 31.9 Å². The van der Waals surface area contributed by atoms with Crippen LogP contribution in [0.4, 0.5) is 0 Å². The lowest BCUT2D eigenvalue weighted by molar-refractivity contribution is -0.313. The molecule has 0 atom stereocenters. The van der Waals surface area contributed by atoms with Gasteiger partial charge in [0.05, 0.1) is 0 Å². The average molecular weight is 372 g/mol. The van der Waals surface area contributed by atoms with E-state index in [1.807, 2.05) is 48.5 Å². The molecule has 0 unspecified atom stereocenters. The molecule has 0 aromatic heterocycles. The highest BCUT2D eigenvalue weighted by molar-refractivity contribution is 9.10. The molecule has 4 heteroatoms. The van der Waals surface area contributed by atoms with E-state index in [4.69, 9.17) is 9.78 Å². The van der Waals surface area contributed by atoms with Crippen molar-refractivity contribution in [2.45, 2.75) is 13.2 Å². The van der Waals surface area contributed by atoms with Gasteiger partial charge in [-0.2, -0.15) is 0 Å². The van der Waals surface area contributed by atoms with Crippen molar-refractivity contribution in [1.82, 2.24) is 0 Å². The normalized spacial score (nSPS) is 10.6. The molecular formula is C14H12Br2O2. The molecule has 0 saturated carbocycles. The molecule has 18 heavy (non-hydrogen) atoms. The van der Waals surface area contributed by atoms with Crippen LogP contribution in [0.15, 0.2) is 57.5 Å². The number of hydrogen-bond acceptors (Lipinski definition) is 2. The van der Waals surface area contributed by atoms with E-state index >= 15 is 0 Å². The van der Waals surface area contributed by atoms with E-state index in [1.54, 1.807) is 0 Å². The topological polar surface area (TPSA) is 18.5 Å². The van der Waals surface area contributed by atoms with Gasteiger partial charge in [-0.05, 0) is 23.3 Å². The quantitative estimate of drug-likeness (QED) is 0.424. The van der Waals surface area contributed by atoms with Crippen LogP contribution in [-0.2, 0) is 23.0 Å². The molecule has 0 radical (unpaired) electrons. The second kappa shape index (κ2) is 7.04. The van der Waals surface area contributed by atoms with Crippen LogP contribution in [-0.4, -0.2) is 0 Å². The Morgan fingerprint density at radius 1 is 0.667 bits per heavy atom. The maximum absolute atomic E-state index is 5.21. The lowest BCUT2D eigenvalue weighted by Gasteiger charge is -2.07. The third kappa shape index (κ3) is 3.92. The lowest BCUT2D eigenvalue weighted by Crippen LogP contribution is -1.97. The van der Waals surface area contributed by atoms with Gasteiger partial charge in [0.25, 0.3) is 0 Å². The van der Waals surface area contributed by atoms with Crippen LogP contribution in [0.2, 0.25) is 0 Å². The highest BCUT2D eigenvalue weighted by atomic mass is 79.9. The molecule has 94 valence electrons. The Labute approximate surface area is 123 Å². The molecule has 0 fully saturated rings. The molecule has 0 saturated heterocycles. The fraction of sp³-hybridized carbons (Fsp3) is 0.143. The highest BCUT2D eigenvalue weighted by Gasteiger charge is 2.01. The second-order valence-corrected chi connectivity index (χ2v) is 5.42. The number of rotatable bonds is 5. The van der Waals surface area contributed by atoms with E-state index in [-0.39, 0.29) is 0 Å². The van der Waals surface area contributed by atoms with Gasteiger partial charge < -0.3 is 0 Å². The first-order valence-corrected chi connectivity index (χ1v) is 7.07. The molecule has 0 aliphatic heterocycles. The zero-order chi connectivity index (χ0) is 12.8. The van der Waals surface area contributed by atoms with Crippen LogP contribution in [0.3, 0.4) is 0 Å². The summed E-state index contributed by atoms with van der Waals surface area (Å²) in [6, 6.07) is 15.8. The summed E-state index contributed by atoms with van der Waals surface area (Å²) in [4.78, 5) is 10.4. The highest BCUT2D eigenvalue weighted by Crippen LogP contribution is 2.19. The lowest BCUT2D eigenvalue weighted by atomic mass is 10.2. The SMILES string of the molecule is Brc1ccccc1COOCc1ccccc1Br. The summed E-state index contributed by atoms with van der Waals surface area (Å²) >= 11 is 6.92. The summed E-state index contributed by atoms with van der Waals surface area (Å²) in [5, 5.41) is 0. The average Bonchev–Trinajstić information content (AvgIpc) is 2.38. The zero-order valence-electron chi connectivity index (χ0n) is 9.61. The van der Waals surface area contributed by atoms with Crippen LogP contribution in [0.1, 0.15) is 11.1 Å². The van der Waals surface area contributed by atoms with Crippen LogP contribution in [0.25, 0.3) is 0 Å². The molecule has 0 spiro atoms. The number of halogens is 2. The third-order valence-electron chi connectivity index (χ3n) is 2.43. The van der Waals surface area contributed by atoms with E-state index in [0.717, 1.165) is 20.1 Å². The molecule has 2 aromatic rings. The van der Waals surface area contributed by atoms with Gasteiger partial charge in [-0.1, -0.05) is 68.3 Å². The van der Waals surface area contributed by atoms with Crippen molar-refractivity contribution in [2.24, 2.45) is 0 Å². The zero-order valence-corrected chi connectivity index (χ0v) is 12.8. The molecule has 0 heterocycles. The fourth-order valence-electron chi connectivity index (χ4n) is 1.44. The molecule has 2 rings (SSSR count). The molecule has 2 aromatic carbocycles. The van der Waals surface area contributed by atoms with Gasteiger partial charge in [0.1, 0.15) is 13.2 Å². The van der Waals surface area contributed by atoms with Crippen molar-refractivity contribution in [3.63, 3.8) is 0 Å². The Bertz CT molecular complexity index is 467. The van der Waals surface area contributed by atoms with Crippen LogP contribution < -0.4 is 0 Å². The minimum atomic E-state index is 0.422. The van der Waals surface area contributed by atoms with Crippen molar-refractivity contribution in [2.75, 3.05) is 0 Å². The van der Waals surface area contributed by atoms with Gasteiger partial charge in [-0.15, -0.1) is 0 Å². The largest absolute Gasteiger partial charge is 0.232 e. The Balaban J connectivity index is 1.80. The van der Waals surface area contributed by atoms with Gasteiger partial charge >= 0.3 is 0 Å². The van der Waals surface area contributed by atoms with Crippen LogP contribution >= 0.6 is 31.9 Å². The smallest absolute Gasteiger partial charge is 0.108 e. The summed E-state index contributed by atoms with van der Waals surface area (Å²) in [5.41, 5.74) is 2.12. The Morgan fingerprint density at radius 3 is 1.44 bits per heavy atom. The van der Waals surface area contributed by atoms with Crippen molar-refractivity contribution < 1.29 is 9.78 Å². The van der Waals surface area contributed by atoms with Crippen molar-refractivity contribution >= 4 is 31.9 Å². The minimum absolute atomic E-state index is 0.422. The summed E-state index contributed by atoms with van der Waals surface area (Å²) in [7, 11) is 0. The van der Waals surface area contributed by atoms with E-state index < -0.39 is 0 Å².